The van der Waals surface area contributed by atoms with Crippen LogP contribution in [0, 0.1) is 11.3 Å². The van der Waals surface area contributed by atoms with Gasteiger partial charge in [-0.3, -0.25) is 0 Å². The molecule has 0 saturated carbocycles. The summed E-state index contributed by atoms with van der Waals surface area (Å²) < 4.78 is 5.07. The maximum Gasteiger partial charge on any atom is 0.425 e. The summed E-state index contributed by atoms with van der Waals surface area (Å²) in [7, 11) is 5.74. The number of fused-ring (bicyclic) bond motifs is 1. The van der Waals surface area contributed by atoms with Crippen molar-refractivity contribution in [3.05, 3.63) is 12.2 Å². The maximum atomic E-state index is 11.7. The Kier molecular flexibility index (Phi) is 3.67. The molecule has 2 aromatic rings. The summed E-state index contributed by atoms with van der Waals surface area (Å²) in [6, 6.07) is 1.79. The third-order valence-electron chi connectivity index (χ3n) is 2.21. The second-order valence-electron chi connectivity index (χ2n) is 5.07. The van der Waals surface area contributed by atoms with Gasteiger partial charge in [0.1, 0.15) is 17.2 Å². The molecule has 2 rings (SSSR count). The standard InChI is InChI=1S/C11H12BN7O2.H2/c1-11(2,3)21-10(20)18-19(12)9-7-8(15-5-14-7)16-6(4-13)17-9;/h5H,1-3H3,(H,18,20)(H,14,15,16,17);1H. The number of anilines is 1. The molecule has 0 atom stereocenters. The zero-order valence-corrected chi connectivity index (χ0v) is 11.7. The highest BCUT2D eigenvalue weighted by atomic mass is 16.6. The zero-order valence-electron chi connectivity index (χ0n) is 11.7. The van der Waals surface area contributed by atoms with Crippen molar-refractivity contribution in [2.45, 2.75) is 26.4 Å². The van der Waals surface area contributed by atoms with E-state index in [1.54, 1.807) is 26.8 Å². The Morgan fingerprint density at radius 1 is 1.57 bits per heavy atom. The average Bonchev–Trinajstić information content (AvgIpc) is 2.82. The molecule has 9 nitrogen and oxygen atoms in total. The van der Waals surface area contributed by atoms with E-state index in [4.69, 9.17) is 18.0 Å². The number of nitrogens with zero attached hydrogens (tertiary/aromatic N) is 5. The predicted octanol–water partition coefficient (Wildman–Crippen LogP) is 0.800. The van der Waals surface area contributed by atoms with Crippen LogP contribution in [0.4, 0.5) is 10.6 Å². The number of ether oxygens (including phenoxy) is 1. The van der Waals surface area contributed by atoms with Crippen LogP contribution < -0.4 is 10.3 Å². The van der Waals surface area contributed by atoms with Gasteiger partial charge in [-0.05, 0) is 20.8 Å². The Labute approximate surface area is 123 Å². The first-order valence-corrected chi connectivity index (χ1v) is 5.96. The van der Waals surface area contributed by atoms with Crippen LogP contribution >= 0.6 is 0 Å². The van der Waals surface area contributed by atoms with E-state index in [-0.39, 0.29) is 18.7 Å². The fourth-order valence-corrected chi connectivity index (χ4v) is 1.49. The molecule has 0 aliphatic rings. The van der Waals surface area contributed by atoms with Crippen molar-refractivity contribution in [1.29, 1.82) is 5.26 Å². The van der Waals surface area contributed by atoms with Crippen molar-refractivity contribution in [3.63, 3.8) is 0 Å². The van der Waals surface area contributed by atoms with Crippen LogP contribution in [-0.2, 0) is 4.74 Å². The van der Waals surface area contributed by atoms with E-state index in [1.807, 2.05) is 0 Å². The lowest BCUT2D eigenvalue weighted by Gasteiger charge is -2.24. The van der Waals surface area contributed by atoms with Crippen LogP contribution in [0.3, 0.4) is 0 Å². The number of nitrogens with one attached hydrogen (secondary N) is 2. The van der Waals surface area contributed by atoms with Gasteiger partial charge in [-0.1, -0.05) is 0 Å². The zero-order chi connectivity index (χ0) is 15.6. The van der Waals surface area contributed by atoms with Crippen molar-refractivity contribution in [2.24, 2.45) is 0 Å². The number of aromatic amines is 1. The van der Waals surface area contributed by atoms with Gasteiger partial charge in [0.15, 0.2) is 11.5 Å². The van der Waals surface area contributed by atoms with Crippen LogP contribution in [0.5, 0.6) is 0 Å². The number of aromatic nitrogens is 4. The van der Waals surface area contributed by atoms with E-state index in [0.29, 0.717) is 5.52 Å². The van der Waals surface area contributed by atoms with E-state index in [9.17, 15) is 4.79 Å². The molecule has 0 bridgehead atoms. The summed E-state index contributed by atoms with van der Waals surface area (Å²) in [6.45, 7) is 5.16. The van der Waals surface area contributed by atoms with Gasteiger partial charge < -0.3 is 14.6 Å². The molecule has 2 radical (unpaired) electrons. The largest absolute Gasteiger partial charge is 0.443 e. The molecule has 21 heavy (non-hydrogen) atoms. The van der Waals surface area contributed by atoms with Crippen LogP contribution in [-0.4, -0.2) is 39.6 Å². The number of H-pyrrole nitrogens is 1. The topological polar surface area (TPSA) is 120 Å². The minimum Gasteiger partial charge on any atom is -0.443 e. The third-order valence-corrected chi connectivity index (χ3v) is 2.21. The summed E-state index contributed by atoms with van der Waals surface area (Å²) >= 11 is 0. The Balaban J connectivity index is 0.00000242. The Bertz CT molecular complexity index is 721. The molecule has 2 heterocycles. The second kappa shape index (κ2) is 5.28. The fraction of sp³-hybridized carbons (Fsp3) is 0.364. The van der Waals surface area contributed by atoms with Gasteiger partial charge in [0.05, 0.1) is 6.33 Å². The Morgan fingerprint density at radius 3 is 2.90 bits per heavy atom. The summed E-state index contributed by atoms with van der Waals surface area (Å²) in [4.78, 5) is 27.1. The molecule has 0 aromatic carbocycles. The number of imidazole rings is 1. The second-order valence-corrected chi connectivity index (χ2v) is 5.07. The lowest BCUT2D eigenvalue weighted by atomic mass is 10.2. The molecule has 2 N–H and O–H groups in total. The Hall–Kier alpha value is -2.83. The Morgan fingerprint density at radius 2 is 2.29 bits per heavy atom. The van der Waals surface area contributed by atoms with Gasteiger partial charge in [-0.15, -0.1) is 0 Å². The van der Waals surface area contributed by atoms with E-state index in [1.165, 1.54) is 6.33 Å². The fourth-order valence-electron chi connectivity index (χ4n) is 1.49. The van der Waals surface area contributed by atoms with Crippen molar-refractivity contribution in [1.82, 2.24) is 25.4 Å². The molecule has 1 amide bonds. The number of nitriles is 1. The van der Waals surface area contributed by atoms with E-state index >= 15 is 0 Å². The smallest absolute Gasteiger partial charge is 0.425 e. The van der Waals surface area contributed by atoms with Gasteiger partial charge >= 0.3 is 6.09 Å². The number of carbonyl (C=O) groups is 1. The van der Waals surface area contributed by atoms with Crippen molar-refractivity contribution in [2.75, 3.05) is 4.92 Å². The molecule has 0 spiro atoms. The highest BCUT2D eigenvalue weighted by Crippen LogP contribution is 2.18. The number of hydrogen-bond donors (Lipinski definition) is 2. The number of hydrazine groups is 1. The summed E-state index contributed by atoms with van der Waals surface area (Å²) in [5.74, 6) is -0.0223. The summed E-state index contributed by atoms with van der Waals surface area (Å²) in [5, 5.41) is 8.89. The lowest BCUT2D eigenvalue weighted by Crippen LogP contribution is -2.44. The lowest BCUT2D eigenvalue weighted by molar-refractivity contribution is 0.0531. The van der Waals surface area contributed by atoms with Gasteiger partial charge in [0.2, 0.25) is 5.82 Å². The molecular weight excluding hydrogens is 273 g/mol. The van der Waals surface area contributed by atoms with Gasteiger partial charge in [0.25, 0.3) is 7.98 Å². The van der Waals surface area contributed by atoms with Crippen molar-refractivity contribution < 1.29 is 11.0 Å². The van der Waals surface area contributed by atoms with Gasteiger partial charge in [0, 0.05) is 1.43 Å². The number of rotatable bonds is 2. The maximum absolute atomic E-state index is 11.7. The predicted molar refractivity (Wildman–Crippen MR) is 76.1 cm³/mol. The average molecular weight is 287 g/mol. The quantitative estimate of drug-likeness (QED) is 0.619. The highest BCUT2D eigenvalue weighted by Gasteiger charge is 2.19. The molecule has 10 heteroatoms. The summed E-state index contributed by atoms with van der Waals surface area (Å²) in [6.07, 6.45) is 0.625. The summed E-state index contributed by atoms with van der Waals surface area (Å²) in [5.41, 5.74) is 2.26. The van der Waals surface area contributed by atoms with E-state index in [2.05, 4.69) is 25.4 Å². The first-order chi connectivity index (χ1) is 9.80. The molecule has 0 saturated heterocycles. The SMILES string of the molecule is [B]N(NC(=O)OC(C)(C)C)c1nc(C#N)nc2nc[nH]c12.[HH]. The highest BCUT2D eigenvalue weighted by molar-refractivity contribution is 6.19. The normalized spacial score (nSPS) is 11.0. The van der Waals surface area contributed by atoms with E-state index < -0.39 is 11.7 Å². The first-order valence-electron chi connectivity index (χ1n) is 5.96. The van der Waals surface area contributed by atoms with Crippen molar-refractivity contribution >= 4 is 31.1 Å². The first kappa shape index (κ1) is 14.6. The molecule has 0 aliphatic carbocycles. The monoisotopic (exact) mass is 287 g/mol. The molecule has 0 aliphatic heterocycles. The third kappa shape index (κ3) is 3.39. The molecular formula is C11H14BN7O2. The number of hydrogen-bond acceptors (Lipinski definition) is 7. The van der Waals surface area contributed by atoms with E-state index in [0.717, 1.165) is 4.92 Å². The van der Waals surface area contributed by atoms with Crippen LogP contribution in [0.1, 0.15) is 28.0 Å². The van der Waals surface area contributed by atoms with Crippen molar-refractivity contribution in [3.8, 4) is 6.07 Å². The number of carbonyl (C=O) groups excluding carboxylic acids is 1. The van der Waals surface area contributed by atoms with Gasteiger partial charge in [-0.25, -0.2) is 15.2 Å². The minimum absolute atomic E-state index is 0. The van der Waals surface area contributed by atoms with Gasteiger partial charge in [-0.2, -0.15) is 15.2 Å². The number of amides is 1. The van der Waals surface area contributed by atoms with Crippen LogP contribution in [0.15, 0.2) is 6.33 Å². The molecule has 0 fully saturated rings. The van der Waals surface area contributed by atoms with Crippen LogP contribution in [0.25, 0.3) is 11.2 Å². The molecule has 0 unspecified atom stereocenters. The van der Waals surface area contributed by atoms with Crippen LogP contribution in [0.2, 0.25) is 0 Å². The minimum atomic E-state index is -0.755. The molecule has 2 aromatic heterocycles. The molecule has 108 valence electrons.